The molecule has 1 aromatic rings. The quantitative estimate of drug-likeness (QED) is 0.776. The van der Waals surface area contributed by atoms with Gasteiger partial charge in [-0.25, -0.2) is 13.2 Å². The number of alkyl halides is 1. The summed E-state index contributed by atoms with van der Waals surface area (Å²) in [7, 11) is 0. The summed E-state index contributed by atoms with van der Waals surface area (Å²) in [6.07, 6.45) is 2.00. The zero-order valence-electron chi connectivity index (χ0n) is 16.4. The van der Waals surface area contributed by atoms with E-state index >= 15 is 0 Å². The molecule has 0 radical (unpaired) electrons. The molecule has 4 nitrogen and oxygen atoms in total. The molecular formula is C21H24F3N3OS. The standard InChI is InChI=1S/C21H24F3N3OS/c1-3-27-21(29-20(26-27)13-8-17(23)12(2)18(24)9-13)14(6-7-25)11-28-19-5-4-15(22)10-16(19)21/h4-5,8-10,12,14,17H,3,6-7,11,25H2,1-2H3/t12?,14-,17?,21+/m1/s1. The Kier molecular flexibility index (Phi) is 5.42. The molecular weight excluding hydrogens is 399 g/mol. The van der Waals surface area contributed by atoms with Crippen molar-refractivity contribution in [1.29, 1.82) is 0 Å². The molecule has 1 aromatic carbocycles. The maximum absolute atomic E-state index is 14.3. The number of hydrazone groups is 1. The van der Waals surface area contributed by atoms with E-state index in [-0.39, 0.29) is 11.7 Å². The molecule has 29 heavy (non-hydrogen) atoms. The fourth-order valence-corrected chi connectivity index (χ4v) is 5.73. The van der Waals surface area contributed by atoms with Crippen LogP contribution in [0, 0.1) is 17.7 Å². The Morgan fingerprint density at radius 3 is 2.86 bits per heavy atom. The minimum Gasteiger partial charge on any atom is -0.493 e. The van der Waals surface area contributed by atoms with Gasteiger partial charge >= 0.3 is 0 Å². The molecule has 0 aromatic heterocycles. The van der Waals surface area contributed by atoms with Gasteiger partial charge in [0.1, 0.15) is 33.5 Å². The van der Waals surface area contributed by atoms with Crippen LogP contribution in [0.3, 0.4) is 0 Å². The molecule has 3 aliphatic rings. The van der Waals surface area contributed by atoms with Crippen molar-refractivity contribution in [3.8, 4) is 5.75 Å². The number of benzene rings is 1. The van der Waals surface area contributed by atoms with E-state index in [2.05, 4.69) is 0 Å². The predicted octanol–water partition coefficient (Wildman–Crippen LogP) is 4.49. The van der Waals surface area contributed by atoms with Gasteiger partial charge in [-0.2, -0.15) is 5.10 Å². The highest BCUT2D eigenvalue weighted by atomic mass is 32.2. The van der Waals surface area contributed by atoms with Crippen LogP contribution >= 0.6 is 11.8 Å². The molecule has 1 spiro atoms. The summed E-state index contributed by atoms with van der Waals surface area (Å²) in [4.78, 5) is -0.737. The molecule has 156 valence electrons. The number of fused-ring (bicyclic) bond motifs is 2. The van der Waals surface area contributed by atoms with Gasteiger partial charge in [0.2, 0.25) is 0 Å². The maximum Gasteiger partial charge on any atom is 0.144 e. The maximum atomic E-state index is 14.3. The van der Waals surface area contributed by atoms with Crippen LogP contribution in [0.15, 0.2) is 46.9 Å². The van der Waals surface area contributed by atoms with E-state index in [1.165, 1.54) is 43.0 Å². The van der Waals surface area contributed by atoms with Crippen molar-refractivity contribution in [2.45, 2.75) is 31.3 Å². The van der Waals surface area contributed by atoms with Crippen LogP contribution in [0.2, 0.25) is 0 Å². The molecule has 0 bridgehead atoms. The molecule has 2 heterocycles. The molecule has 1 aliphatic carbocycles. The number of hydrogen-bond acceptors (Lipinski definition) is 5. The number of hydrogen-bond donors (Lipinski definition) is 1. The first kappa shape index (κ1) is 20.3. The molecule has 0 saturated heterocycles. The summed E-state index contributed by atoms with van der Waals surface area (Å²) in [6, 6.07) is 4.46. The van der Waals surface area contributed by atoms with Crippen molar-refractivity contribution in [3.05, 3.63) is 53.1 Å². The third-order valence-corrected chi connectivity index (χ3v) is 7.36. The van der Waals surface area contributed by atoms with Crippen molar-refractivity contribution in [1.82, 2.24) is 5.01 Å². The Hall–Kier alpha value is -1.93. The van der Waals surface area contributed by atoms with Crippen molar-refractivity contribution in [3.63, 3.8) is 0 Å². The average Bonchev–Trinajstić information content (AvgIpc) is 3.09. The van der Waals surface area contributed by atoms with E-state index in [1.54, 1.807) is 6.07 Å². The zero-order chi connectivity index (χ0) is 20.8. The molecule has 0 fully saturated rings. The van der Waals surface area contributed by atoms with E-state index in [0.29, 0.717) is 48.0 Å². The number of halogens is 3. The Morgan fingerprint density at radius 1 is 1.38 bits per heavy atom. The number of ether oxygens (including phenoxy) is 1. The van der Waals surface area contributed by atoms with Gasteiger partial charge in [0.25, 0.3) is 0 Å². The minimum absolute atomic E-state index is 0.0638. The highest BCUT2D eigenvalue weighted by Gasteiger charge is 2.54. The van der Waals surface area contributed by atoms with Crippen molar-refractivity contribution in [2.75, 3.05) is 19.7 Å². The van der Waals surface area contributed by atoms with E-state index < -0.39 is 22.8 Å². The van der Waals surface area contributed by atoms with E-state index in [9.17, 15) is 13.2 Å². The fraction of sp³-hybridized carbons (Fsp3) is 0.476. The van der Waals surface area contributed by atoms with Crippen molar-refractivity contribution < 1.29 is 17.9 Å². The Labute approximate surface area is 172 Å². The van der Waals surface area contributed by atoms with Gasteiger partial charge in [-0.3, -0.25) is 5.01 Å². The Balaban J connectivity index is 1.81. The van der Waals surface area contributed by atoms with E-state index in [1.807, 2.05) is 11.9 Å². The summed E-state index contributed by atoms with van der Waals surface area (Å²) in [5.74, 6) is -1.14. The predicted molar refractivity (Wildman–Crippen MR) is 109 cm³/mol. The Morgan fingerprint density at radius 2 is 2.17 bits per heavy atom. The number of allylic oxidation sites excluding steroid dienone is 3. The molecule has 0 saturated carbocycles. The smallest absolute Gasteiger partial charge is 0.144 e. The topological polar surface area (TPSA) is 50.8 Å². The first-order chi connectivity index (χ1) is 13.9. The fourth-order valence-electron chi connectivity index (χ4n) is 4.16. The van der Waals surface area contributed by atoms with Gasteiger partial charge in [-0.05, 0) is 50.2 Å². The third-order valence-electron chi connectivity index (χ3n) is 5.77. The normalized spacial score (nSPS) is 31.2. The number of nitrogens with zero attached hydrogens (tertiary/aromatic N) is 2. The summed E-state index contributed by atoms with van der Waals surface area (Å²) < 4.78 is 48.7. The molecule has 4 atom stereocenters. The third kappa shape index (κ3) is 3.26. The monoisotopic (exact) mass is 423 g/mol. The van der Waals surface area contributed by atoms with Crippen LogP contribution in [0.25, 0.3) is 0 Å². The highest BCUT2D eigenvalue weighted by Crippen LogP contribution is 2.57. The lowest BCUT2D eigenvalue weighted by Gasteiger charge is -2.46. The van der Waals surface area contributed by atoms with Crippen LogP contribution < -0.4 is 10.5 Å². The number of nitrogens with two attached hydrogens (primary N) is 1. The van der Waals surface area contributed by atoms with E-state index in [0.717, 1.165) is 0 Å². The lowest BCUT2D eigenvalue weighted by atomic mass is 9.86. The van der Waals surface area contributed by atoms with Gasteiger partial charge in [0, 0.05) is 29.5 Å². The lowest BCUT2D eigenvalue weighted by molar-refractivity contribution is 0.0615. The molecule has 2 N–H and O–H groups in total. The van der Waals surface area contributed by atoms with Crippen LogP contribution in [-0.2, 0) is 4.87 Å². The molecule has 2 aliphatic heterocycles. The van der Waals surface area contributed by atoms with Crippen LogP contribution in [0.4, 0.5) is 13.2 Å². The van der Waals surface area contributed by atoms with Gasteiger partial charge < -0.3 is 10.5 Å². The second-order valence-corrected chi connectivity index (χ2v) is 8.74. The van der Waals surface area contributed by atoms with Crippen molar-refractivity contribution >= 4 is 16.8 Å². The van der Waals surface area contributed by atoms with Gasteiger partial charge in [0.05, 0.1) is 6.61 Å². The lowest BCUT2D eigenvalue weighted by Crippen LogP contribution is -2.49. The molecule has 2 unspecified atom stereocenters. The molecule has 4 rings (SSSR count). The Bertz CT molecular complexity index is 903. The first-order valence-corrected chi connectivity index (χ1v) is 10.6. The molecule has 8 heteroatoms. The first-order valence-electron chi connectivity index (χ1n) is 9.82. The number of rotatable bonds is 4. The number of thioether (sulfide) groups is 1. The van der Waals surface area contributed by atoms with Crippen LogP contribution in [0.5, 0.6) is 5.75 Å². The second kappa shape index (κ2) is 7.72. The van der Waals surface area contributed by atoms with Gasteiger partial charge in [-0.15, -0.1) is 0 Å². The van der Waals surface area contributed by atoms with Crippen LogP contribution in [-0.4, -0.2) is 35.9 Å². The summed E-state index contributed by atoms with van der Waals surface area (Å²) >= 11 is 1.41. The van der Waals surface area contributed by atoms with Gasteiger partial charge in [0.15, 0.2) is 0 Å². The molecule has 0 amide bonds. The second-order valence-electron chi connectivity index (χ2n) is 7.53. The van der Waals surface area contributed by atoms with E-state index in [4.69, 9.17) is 15.6 Å². The summed E-state index contributed by atoms with van der Waals surface area (Å²) in [5.41, 5.74) is 6.96. The van der Waals surface area contributed by atoms with Gasteiger partial charge in [-0.1, -0.05) is 18.7 Å². The zero-order valence-corrected chi connectivity index (χ0v) is 17.2. The SMILES string of the molecule is CCN1N=C(C2=CC(F)C(C)C(F)=C2)S[C@@]12c1cc(F)ccc1OC[C@H]2CCN. The summed E-state index contributed by atoms with van der Waals surface area (Å²) in [5, 5.41) is 7.11. The van der Waals surface area contributed by atoms with Crippen molar-refractivity contribution in [2.24, 2.45) is 22.7 Å². The van der Waals surface area contributed by atoms with Crippen LogP contribution in [0.1, 0.15) is 25.8 Å². The largest absolute Gasteiger partial charge is 0.493 e. The minimum atomic E-state index is -1.41. The average molecular weight is 424 g/mol. The summed E-state index contributed by atoms with van der Waals surface area (Å²) in [6.45, 7) is 4.86. The highest BCUT2D eigenvalue weighted by molar-refractivity contribution is 8.15.